The number of rotatable bonds is 4. The van der Waals surface area contributed by atoms with Gasteiger partial charge in [-0.1, -0.05) is 12.1 Å². The van der Waals surface area contributed by atoms with Gasteiger partial charge in [-0.2, -0.15) is 13.2 Å². The Balaban J connectivity index is 2.65. The van der Waals surface area contributed by atoms with Gasteiger partial charge in [0.25, 0.3) is 0 Å². The zero-order chi connectivity index (χ0) is 15.3. The van der Waals surface area contributed by atoms with Gasteiger partial charge < -0.3 is 10.1 Å². The molecule has 5 nitrogen and oxygen atoms in total. The number of halogens is 3. The average molecular weight is 289 g/mol. The summed E-state index contributed by atoms with van der Waals surface area (Å²) in [5, 5.41) is 1.46. The molecular formula is C12H10F3NO4. The van der Waals surface area contributed by atoms with E-state index in [1.54, 1.807) is 0 Å². The summed E-state index contributed by atoms with van der Waals surface area (Å²) in [6.45, 7) is -0.782. The maximum atomic E-state index is 11.9. The van der Waals surface area contributed by atoms with Crippen molar-refractivity contribution in [1.29, 1.82) is 0 Å². The highest BCUT2D eigenvalue weighted by Gasteiger charge is 2.38. The average Bonchev–Trinajstić information content (AvgIpc) is 2.42. The fourth-order valence-corrected chi connectivity index (χ4v) is 1.27. The lowest BCUT2D eigenvalue weighted by atomic mass is 10.1. The molecule has 0 saturated heterocycles. The molecule has 8 heteroatoms. The van der Waals surface area contributed by atoms with Crippen LogP contribution in [0.2, 0.25) is 0 Å². The van der Waals surface area contributed by atoms with Gasteiger partial charge in [-0.05, 0) is 12.1 Å². The minimum atomic E-state index is -5.03. The third-order valence-corrected chi connectivity index (χ3v) is 2.29. The topological polar surface area (TPSA) is 72.5 Å². The minimum absolute atomic E-state index is 0.0696. The molecule has 0 fully saturated rings. The van der Waals surface area contributed by atoms with Crippen molar-refractivity contribution in [1.82, 2.24) is 5.32 Å². The number of alkyl halides is 3. The zero-order valence-electron chi connectivity index (χ0n) is 10.3. The Kier molecular flexibility index (Phi) is 4.84. The van der Waals surface area contributed by atoms with E-state index < -0.39 is 30.4 Å². The van der Waals surface area contributed by atoms with E-state index in [1.165, 1.54) is 36.7 Å². The van der Waals surface area contributed by atoms with Crippen molar-refractivity contribution in [2.75, 3.05) is 13.7 Å². The Morgan fingerprint density at radius 1 is 1.10 bits per heavy atom. The maximum Gasteiger partial charge on any atom is 0.471 e. The number of hydrogen-bond acceptors (Lipinski definition) is 4. The zero-order valence-corrected chi connectivity index (χ0v) is 10.3. The van der Waals surface area contributed by atoms with Crippen LogP contribution in [-0.4, -0.2) is 37.5 Å². The second-order valence-corrected chi connectivity index (χ2v) is 3.67. The van der Waals surface area contributed by atoms with Crippen LogP contribution in [-0.2, 0) is 9.53 Å². The first-order valence-corrected chi connectivity index (χ1v) is 5.32. The molecule has 1 aromatic rings. The van der Waals surface area contributed by atoms with E-state index in [4.69, 9.17) is 0 Å². The van der Waals surface area contributed by atoms with Gasteiger partial charge in [-0.25, -0.2) is 4.79 Å². The number of ether oxygens (including phenoxy) is 1. The molecule has 1 amide bonds. The van der Waals surface area contributed by atoms with Crippen LogP contribution in [0.4, 0.5) is 13.2 Å². The summed E-state index contributed by atoms with van der Waals surface area (Å²) in [6, 6.07) is 5.11. The number of carbonyl (C=O) groups excluding carboxylic acids is 3. The molecule has 0 unspecified atom stereocenters. The van der Waals surface area contributed by atoms with Gasteiger partial charge in [-0.3, -0.25) is 9.59 Å². The smallest absolute Gasteiger partial charge is 0.465 e. The van der Waals surface area contributed by atoms with Crippen LogP contribution in [0.15, 0.2) is 24.3 Å². The molecule has 1 aromatic carbocycles. The quantitative estimate of drug-likeness (QED) is 0.670. The monoisotopic (exact) mass is 289 g/mol. The molecule has 108 valence electrons. The number of esters is 1. The second kappa shape index (κ2) is 6.18. The minimum Gasteiger partial charge on any atom is -0.465 e. The van der Waals surface area contributed by atoms with Crippen molar-refractivity contribution in [3.63, 3.8) is 0 Å². The lowest BCUT2D eigenvalue weighted by Crippen LogP contribution is -2.39. The largest absolute Gasteiger partial charge is 0.471 e. The Morgan fingerprint density at radius 3 is 2.05 bits per heavy atom. The fraction of sp³-hybridized carbons (Fsp3) is 0.250. The Hall–Kier alpha value is -2.38. The highest BCUT2D eigenvalue weighted by molar-refractivity contribution is 6.00. The lowest BCUT2D eigenvalue weighted by molar-refractivity contribution is -0.173. The number of benzene rings is 1. The van der Waals surface area contributed by atoms with E-state index in [9.17, 15) is 27.6 Å². The van der Waals surface area contributed by atoms with Crippen molar-refractivity contribution in [2.24, 2.45) is 0 Å². The number of ketones is 1. The van der Waals surface area contributed by atoms with Crippen molar-refractivity contribution >= 4 is 17.7 Å². The van der Waals surface area contributed by atoms with E-state index in [2.05, 4.69) is 4.74 Å². The highest BCUT2D eigenvalue weighted by atomic mass is 19.4. The first-order valence-electron chi connectivity index (χ1n) is 5.32. The molecule has 0 radical (unpaired) electrons. The van der Waals surface area contributed by atoms with Crippen molar-refractivity contribution < 1.29 is 32.3 Å². The van der Waals surface area contributed by atoms with Gasteiger partial charge in [0.15, 0.2) is 5.78 Å². The van der Waals surface area contributed by atoms with Crippen molar-refractivity contribution in [3.8, 4) is 0 Å². The van der Waals surface area contributed by atoms with Crippen LogP contribution in [0.5, 0.6) is 0 Å². The molecule has 0 aliphatic rings. The fourth-order valence-electron chi connectivity index (χ4n) is 1.27. The number of amides is 1. The molecular weight excluding hydrogens is 279 g/mol. The van der Waals surface area contributed by atoms with Gasteiger partial charge in [-0.15, -0.1) is 0 Å². The summed E-state index contributed by atoms with van der Waals surface area (Å²) >= 11 is 0. The molecule has 1 N–H and O–H groups in total. The van der Waals surface area contributed by atoms with E-state index in [-0.39, 0.29) is 11.1 Å². The molecule has 0 heterocycles. The molecule has 0 spiro atoms. The standard InChI is InChI=1S/C12H10F3NO4/c1-20-10(18)8-4-2-7(3-5-8)9(17)6-16-11(19)12(13,14)15/h2-5H,6H2,1H3,(H,16,19). The third-order valence-electron chi connectivity index (χ3n) is 2.29. The van der Waals surface area contributed by atoms with E-state index in [1.807, 2.05) is 0 Å². The SMILES string of the molecule is COC(=O)c1ccc(C(=O)CNC(=O)C(F)(F)F)cc1. The van der Waals surface area contributed by atoms with Crippen LogP contribution < -0.4 is 5.32 Å². The van der Waals surface area contributed by atoms with Crippen LogP contribution in [0, 0.1) is 0 Å². The normalized spacial score (nSPS) is 10.8. The van der Waals surface area contributed by atoms with Crippen molar-refractivity contribution in [3.05, 3.63) is 35.4 Å². The van der Waals surface area contributed by atoms with E-state index in [0.717, 1.165) is 0 Å². The molecule has 0 bridgehead atoms. The number of hydrogen-bond donors (Lipinski definition) is 1. The highest BCUT2D eigenvalue weighted by Crippen LogP contribution is 2.14. The summed E-state index contributed by atoms with van der Waals surface area (Å²) in [6.07, 6.45) is -5.03. The summed E-state index contributed by atoms with van der Waals surface area (Å²) in [4.78, 5) is 33.2. The number of carbonyl (C=O) groups is 3. The van der Waals surface area contributed by atoms with Crippen LogP contribution >= 0.6 is 0 Å². The Morgan fingerprint density at radius 2 is 1.60 bits per heavy atom. The van der Waals surface area contributed by atoms with Gasteiger partial charge >= 0.3 is 18.1 Å². The molecule has 0 aromatic heterocycles. The van der Waals surface area contributed by atoms with E-state index >= 15 is 0 Å². The first-order chi connectivity index (χ1) is 9.25. The first kappa shape index (κ1) is 15.7. The second-order valence-electron chi connectivity index (χ2n) is 3.67. The lowest BCUT2D eigenvalue weighted by Gasteiger charge is -2.07. The van der Waals surface area contributed by atoms with Crippen LogP contribution in [0.1, 0.15) is 20.7 Å². The summed E-state index contributed by atoms with van der Waals surface area (Å²) in [5.74, 6) is -3.49. The summed E-state index contributed by atoms with van der Waals surface area (Å²) in [7, 11) is 1.19. The van der Waals surface area contributed by atoms with E-state index in [0.29, 0.717) is 0 Å². The van der Waals surface area contributed by atoms with Crippen LogP contribution in [0.3, 0.4) is 0 Å². The Bertz CT molecular complexity index is 522. The summed E-state index contributed by atoms with van der Waals surface area (Å²) in [5.41, 5.74) is 0.267. The van der Waals surface area contributed by atoms with Crippen LogP contribution in [0.25, 0.3) is 0 Å². The number of Topliss-reactive ketones (excluding diaryl/α,β-unsaturated/α-hetero) is 1. The molecule has 0 saturated carbocycles. The molecule has 1 rings (SSSR count). The van der Waals surface area contributed by atoms with Crippen molar-refractivity contribution in [2.45, 2.75) is 6.18 Å². The van der Waals surface area contributed by atoms with Gasteiger partial charge in [0, 0.05) is 5.56 Å². The Labute approximate surface area is 111 Å². The van der Waals surface area contributed by atoms with Gasteiger partial charge in [0.2, 0.25) is 0 Å². The van der Waals surface area contributed by atoms with Gasteiger partial charge in [0.1, 0.15) is 0 Å². The number of methoxy groups -OCH3 is 1. The maximum absolute atomic E-state index is 11.9. The predicted octanol–water partition coefficient (Wildman–Crippen LogP) is 1.33. The molecule has 20 heavy (non-hydrogen) atoms. The summed E-state index contributed by atoms with van der Waals surface area (Å²) < 4.78 is 40.2. The molecule has 0 aliphatic heterocycles. The van der Waals surface area contributed by atoms with Gasteiger partial charge in [0.05, 0.1) is 19.2 Å². The third kappa shape index (κ3) is 4.08. The predicted molar refractivity (Wildman–Crippen MR) is 61.2 cm³/mol. The number of nitrogens with one attached hydrogen (secondary N) is 1. The molecule has 0 aliphatic carbocycles. The molecule has 0 atom stereocenters.